The summed E-state index contributed by atoms with van der Waals surface area (Å²) in [5, 5.41) is 15.7. The van der Waals surface area contributed by atoms with Crippen LogP contribution in [0.25, 0.3) is 0 Å². The van der Waals surface area contributed by atoms with Gasteiger partial charge in [0, 0.05) is 19.4 Å². The molecule has 1 aliphatic rings. The van der Waals surface area contributed by atoms with E-state index in [4.69, 9.17) is 0 Å². The Labute approximate surface area is 94.1 Å². The summed E-state index contributed by atoms with van der Waals surface area (Å²) in [5.41, 5.74) is 2.55. The highest BCUT2D eigenvalue weighted by atomic mass is 16.3. The molecule has 6 nitrogen and oxygen atoms in total. The Balaban J connectivity index is 2.38. The average molecular weight is 227 g/mol. The van der Waals surface area contributed by atoms with E-state index in [1.54, 1.807) is 0 Å². The minimum Gasteiger partial charge on any atom is -0.391 e. The highest BCUT2D eigenvalue weighted by molar-refractivity contribution is 6.39. The van der Waals surface area contributed by atoms with Crippen molar-refractivity contribution in [1.82, 2.24) is 10.7 Å². The molecule has 0 aromatic rings. The van der Waals surface area contributed by atoms with E-state index in [-0.39, 0.29) is 30.7 Å². The normalized spacial score (nSPS) is 17.8. The topological polar surface area (TPSA) is 90.8 Å². The zero-order valence-corrected chi connectivity index (χ0v) is 9.49. The fourth-order valence-electron chi connectivity index (χ4n) is 1.17. The van der Waals surface area contributed by atoms with Crippen molar-refractivity contribution in [1.29, 1.82) is 0 Å². The Hall–Kier alpha value is -1.43. The molecule has 0 aromatic heterocycles. The second kappa shape index (κ2) is 5.60. The van der Waals surface area contributed by atoms with Gasteiger partial charge in [-0.15, -0.1) is 0 Å². The molecule has 0 saturated carbocycles. The Morgan fingerprint density at radius 3 is 2.75 bits per heavy atom. The molecule has 1 rings (SSSR count). The van der Waals surface area contributed by atoms with E-state index in [9.17, 15) is 14.7 Å². The molecule has 6 heteroatoms. The lowest BCUT2D eigenvalue weighted by molar-refractivity contribution is -0.121. The van der Waals surface area contributed by atoms with E-state index in [2.05, 4.69) is 15.8 Å². The van der Waals surface area contributed by atoms with Crippen LogP contribution < -0.4 is 10.7 Å². The predicted octanol–water partition coefficient (Wildman–Crippen LogP) is -0.614. The summed E-state index contributed by atoms with van der Waals surface area (Å²) in [7, 11) is 0. The molecule has 0 saturated heterocycles. The number of rotatable bonds is 4. The van der Waals surface area contributed by atoms with E-state index in [1.807, 2.05) is 13.8 Å². The molecular weight excluding hydrogens is 210 g/mol. The van der Waals surface area contributed by atoms with E-state index >= 15 is 0 Å². The molecule has 0 fully saturated rings. The Morgan fingerprint density at radius 2 is 2.25 bits per heavy atom. The number of amides is 2. The second-order valence-electron chi connectivity index (χ2n) is 4.11. The number of carbonyl (C=O) groups is 2. The molecule has 0 bridgehead atoms. The number of aliphatic hydroxyl groups is 1. The number of nitrogens with one attached hydrogen (secondary N) is 2. The van der Waals surface area contributed by atoms with Crippen molar-refractivity contribution in [2.24, 2.45) is 11.0 Å². The highest BCUT2D eigenvalue weighted by Gasteiger charge is 2.19. The third kappa shape index (κ3) is 3.62. The summed E-state index contributed by atoms with van der Waals surface area (Å²) in [6, 6.07) is 0. The van der Waals surface area contributed by atoms with Gasteiger partial charge in [0.2, 0.25) is 5.91 Å². The molecule has 0 aliphatic carbocycles. The van der Waals surface area contributed by atoms with Crippen molar-refractivity contribution in [3.63, 3.8) is 0 Å². The van der Waals surface area contributed by atoms with E-state index in [0.717, 1.165) is 0 Å². The maximum atomic E-state index is 11.5. The molecule has 1 atom stereocenters. The van der Waals surface area contributed by atoms with Crippen LogP contribution in [-0.2, 0) is 9.59 Å². The van der Waals surface area contributed by atoms with Gasteiger partial charge in [-0.05, 0) is 5.92 Å². The van der Waals surface area contributed by atoms with Gasteiger partial charge < -0.3 is 10.4 Å². The first-order valence-corrected chi connectivity index (χ1v) is 5.32. The van der Waals surface area contributed by atoms with E-state index in [1.165, 1.54) is 0 Å². The van der Waals surface area contributed by atoms with Crippen LogP contribution >= 0.6 is 0 Å². The smallest absolute Gasteiger partial charge is 0.267 e. The van der Waals surface area contributed by atoms with Crippen LogP contribution in [-0.4, -0.2) is 35.3 Å². The molecule has 90 valence electrons. The average Bonchev–Trinajstić information content (AvgIpc) is 2.26. The molecule has 1 aliphatic heterocycles. The molecule has 0 spiro atoms. The Morgan fingerprint density at radius 1 is 1.56 bits per heavy atom. The maximum Gasteiger partial charge on any atom is 0.267 e. The molecule has 2 amide bonds. The number of aliphatic hydroxyl groups excluding tert-OH is 1. The summed E-state index contributed by atoms with van der Waals surface area (Å²) >= 11 is 0. The van der Waals surface area contributed by atoms with Gasteiger partial charge in [-0.25, -0.2) is 5.43 Å². The first kappa shape index (κ1) is 12.6. The van der Waals surface area contributed by atoms with Gasteiger partial charge in [0.15, 0.2) is 0 Å². The lowest BCUT2D eigenvalue weighted by Crippen LogP contribution is -2.41. The summed E-state index contributed by atoms with van der Waals surface area (Å²) in [6.07, 6.45) is 0.0526. The van der Waals surface area contributed by atoms with Crippen LogP contribution in [0.15, 0.2) is 5.10 Å². The minimum absolute atomic E-state index is 0.0910. The number of hydrazone groups is 1. The molecule has 1 unspecified atom stereocenters. The van der Waals surface area contributed by atoms with Crippen LogP contribution in [0, 0.1) is 5.92 Å². The monoisotopic (exact) mass is 227 g/mol. The molecule has 16 heavy (non-hydrogen) atoms. The third-order valence-electron chi connectivity index (χ3n) is 2.41. The lowest BCUT2D eigenvalue weighted by atomic mass is 10.1. The quantitative estimate of drug-likeness (QED) is 0.598. The first-order chi connectivity index (χ1) is 7.50. The number of nitrogens with zero attached hydrogens (tertiary/aromatic N) is 1. The zero-order valence-electron chi connectivity index (χ0n) is 9.49. The number of carbonyl (C=O) groups excluding carboxylic acids is 2. The highest BCUT2D eigenvalue weighted by Crippen LogP contribution is 2.01. The van der Waals surface area contributed by atoms with Gasteiger partial charge in [0.05, 0.1) is 6.10 Å². The summed E-state index contributed by atoms with van der Waals surface area (Å²) in [4.78, 5) is 22.3. The molecular formula is C10H17N3O3. The van der Waals surface area contributed by atoms with Gasteiger partial charge in [0.1, 0.15) is 5.71 Å². The van der Waals surface area contributed by atoms with Gasteiger partial charge in [-0.3, -0.25) is 9.59 Å². The van der Waals surface area contributed by atoms with Crippen molar-refractivity contribution < 1.29 is 14.7 Å². The third-order valence-corrected chi connectivity index (χ3v) is 2.41. The van der Waals surface area contributed by atoms with Crippen LogP contribution in [0.5, 0.6) is 0 Å². The first-order valence-electron chi connectivity index (χ1n) is 5.32. The van der Waals surface area contributed by atoms with E-state index in [0.29, 0.717) is 12.1 Å². The second-order valence-corrected chi connectivity index (χ2v) is 4.11. The molecule has 3 N–H and O–H groups in total. The molecule has 1 heterocycles. The molecule has 0 aromatic carbocycles. The van der Waals surface area contributed by atoms with Crippen molar-refractivity contribution in [3.8, 4) is 0 Å². The van der Waals surface area contributed by atoms with Crippen LogP contribution in [0.3, 0.4) is 0 Å². The summed E-state index contributed by atoms with van der Waals surface area (Å²) in [6.45, 7) is 3.94. The van der Waals surface area contributed by atoms with Crippen molar-refractivity contribution in [3.05, 3.63) is 0 Å². The number of hydrogen-bond acceptors (Lipinski definition) is 4. The fraction of sp³-hybridized carbons (Fsp3) is 0.700. The number of hydrogen-bond donors (Lipinski definition) is 3. The van der Waals surface area contributed by atoms with E-state index < -0.39 is 6.10 Å². The Kier molecular flexibility index (Phi) is 4.42. The standard InChI is InChI=1S/C10H17N3O3/c1-6(2)8(14)5-11-10(16)7-3-4-9(15)13-12-7/h6,8,14H,3-5H2,1-2H3,(H,11,16)(H,13,15). The maximum absolute atomic E-state index is 11.5. The van der Waals surface area contributed by atoms with Crippen LogP contribution in [0.2, 0.25) is 0 Å². The largest absolute Gasteiger partial charge is 0.391 e. The van der Waals surface area contributed by atoms with Crippen LogP contribution in [0.4, 0.5) is 0 Å². The van der Waals surface area contributed by atoms with Crippen LogP contribution in [0.1, 0.15) is 26.7 Å². The predicted molar refractivity (Wildman–Crippen MR) is 58.7 cm³/mol. The van der Waals surface area contributed by atoms with Crippen molar-refractivity contribution >= 4 is 17.5 Å². The lowest BCUT2D eigenvalue weighted by Gasteiger charge is -2.16. The summed E-state index contributed by atoms with van der Waals surface area (Å²) < 4.78 is 0. The zero-order chi connectivity index (χ0) is 12.1. The SMILES string of the molecule is CC(C)C(O)CNC(=O)C1=NNC(=O)CC1. The van der Waals surface area contributed by atoms with Crippen molar-refractivity contribution in [2.75, 3.05) is 6.54 Å². The van der Waals surface area contributed by atoms with Gasteiger partial charge in [-0.1, -0.05) is 13.8 Å². The van der Waals surface area contributed by atoms with Gasteiger partial charge >= 0.3 is 0 Å². The minimum atomic E-state index is -0.567. The van der Waals surface area contributed by atoms with Gasteiger partial charge in [-0.2, -0.15) is 5.10 Å². The van der Waals surface area contributed by atoms with Crippen molar-refractivity contribution in [2.45, 2.75) is 32.8 Å². The summed E-state index contributed by atoms with van der Waals surface area (Å²) in [5.74, 6) is -0.424. The molecule has 0 radical (unpaired) electrons. The van der Waals surface area contributed by atoms with Gasteiger partial charge in [0.25, 0.3) is 5.91 Å². The fourth-order valence-corrected chi connectivity index (χ4v) is 1.17. The Bertz CT molecular complexity index is 312.